The van der Waals surface area contributed by atoms with Gasteiger partial charge in [-0.2, -0.15) is 8.78 Å². The van der Waals surface area contributed by atoms with Crippen LogP contribution in [-0.2, 0) is 0 Å². The highest BCUT2D eigenvalue weighted by Gasteiger charge is 1.82. The maximum Gasteiger partial charge on any atom is 0.270 e. The Balaban J connectivity index is 3.23. The van der Waals surface area contributed by atoms with Gasteiger partial charge in [0.25, 0.3) is 6.08 Å². The lowest BCUT2D eigenvalue weighted by Crippen LogP contribution is -1.69. The minimum atomic E-state index is -1.64. The van der Waals surface area contributed by atoms with Crippen molar-refractivity contribution in [2.45, 2.75) is 25.7 Å². The lowest BCUT2D eigenvalue weighted by Gasteiger charge is -1.89. The second-order valence-electron chi connectivity index (χ2n) is 2.23. The van der Waals surface area contributed by atoms with Crippen LogP contribution in [0.15, 0.2) is 24.3 Å². The molecule has 0 aromatic rings. The van der Waals surface area contributed by atoms with E-state index in [2.05, 4.69) is 6.92 Å². The van der Waals surface area contributed by atoms with Crippen LogP contribution >= 0.6 is 0 Å². The smallest absolute Gasteiger partial charge is 0.173 e. The molecular weight excluding hydrogens is 146 g/mol. The molecule has 0 heterocycles. The average Bonchev–Trinajstić information content (AvgIpc) is 1.96. The van der Waals surface area contributed by atoms with Gasteiger partial charge >= 0.3 is 0 Å². The van der Waals surface area contributed by atoms with Gasteiger partial charge < -0.3 is 0 Å². The van der Waals surface area contributed by atoms with Crippen LogP contribution in [0.5, 0.6) is 0 Å². The lowest BCUT2D eigenvalue weighted by molar-refractivity contribution is 0.422. The number of halogens is 2. The van der Waals surface area contributed by atoms with Crippen molar-refractivity contribution in [3.05, 3.63) is 31.2 Å². The molecular formula is C9H13F2. The van der Waals surface area contributed by atoms with Crippen molar-refractivity contribution in [2.75, 3.05) is 0 Å². The van der Waals surface area contributed by atoms with Crippen molar-refractivity contribution < 1.29 is 8.78 Å². The van der Waals surface area contributed by atoms with E-state index in [0.29, 0.717) is 0 Å². The molecule has 0 aliphatic heterocycles. The van der Waals surface area contributed by atoms with E-state index in [0.717, 1.165) is 31.8 Å². The van der Waals surface area contributed by atoms with Gasteiger partial charge in [-0.25, -0.2) is 0 Å². The Labute approximate surface area is 66.6 Å². The molecule has 0 spiro atoms. The zero-order valence-corrected chi connectivity index (χ0v) is 6.52. The zero-order valence-electron chi connectivity index (χ0n) is 6.52. The Hall–Kier alpha value is -0.660. The third-order valence-corrected chi connectivity index (χ3v) is 1.23. The molecule has 0 N–H and O–H groups in total. The molecule has 0 nitrogen and oxygen atoms in total. The minimum absolute atomic E-state index is 0.810. The highest BCUT2D eigenvalue weighted by Crippen LogP contribution is 2.01. The topological polar surface area (TPSA) is 0 Å². The Bertz CT molecular complexity index is 132. The molecule has 11 heavy (non-hydrogen) atoms. The highest BCUT2D eigenvalue weighted by molar-refractivity contribution is 5.02. The SMILES string of the molecule is [CH2]CCCC/C=C/C=C(F)F. The van der Waals surface area contributed by atoms with Crippen LogP contribution in [0, 0.1) is 6.92 Å². The van der Waals surface area contributed by atoms with Gasteiger partial charge in [-0.15, -0.1) is 0 Å². The maximum atomic E-state index is 11.4. The van der Waals surface area contributed by atoms with E-state index >= 15 is 0 Å². The molecule has 0 aliphatic carbocycles. The Morgan fingerprint density at radius 3 is 2.55 bits per heavy atom. The number of hydrogen-bond acceptors (Lipinski definition) is 0. The summed E-state index contributed by atoms with van der Waals surface area (Å²) in [7, 11) is 0. The summed E-state index contributed by atoms with van der Waals surface area (Å²) in [4.78, 5) is 0. The number of rotatable bonds is 5. The van der Waals surface area contributed by atoms with Crippen LogP contribution in [-0.4, -0.2) is 0 Å². The van der Waals surface area contributed by atoms with Crippen LogP contribution in [0.4, 0.5) is 8.78 Å². The van der Waals surface area contributed by atoms with Gasteiger partial charge in [-0.05, 0) is 12.8 Å². The molecule has 0 saturated heterocycles. The normalized spacial score (nSPS) is 10.5. The van der Waals surface area contributed by atoms with E-state index in [4.69, 9.17) is 0 Å². The van der Waals surface area contributed by atoms with Gasteiger partial charge in [-0.1, -0.05) is 31.9 Å². The molecule has 0 atom stereocenters. The second-order valence-corrected chi connectivity index (χ2v) is 2.23. The molecule has 1 radical (unpaired) electrons. The zero-order chi connectivity index (χ0) is 8.53. The van der Waals surface area contributed by atoms with Gasteiger partial charge in [0.15, 0.2) is 0 Å². The molecule has 0 fully saturated rings. The first kappa shape index (κ1) is 10.3. The fraction of sp³-hybridized carbons (Fsp3) is 0.444. The average molecular weight is 159 g/mol. The van der Waals surface area contributed by atoms with Gasteiger partial charge in [0.1, 0.15) is 0 Å². The summed E-state index contributed by atoms with van der Waals surface area (Å²) in [6.45, 7) is 3.68. The molecule has 0 amide bonds. The predicted octanol–water partition coefficient (Wildman–Crippen LogP) is 3.72. The molecule has 0 aromatic heterocycles. The Morgan fingerprint density at radius 1 is 1.27 bits per heavy atom. The van der Waals surface area contributed by atoms with E-state index in [1.807, 2.05) is 0 Å². The maximum absolute atomic E-state index is 11.4. The number of unbranched alkanes of at least 4 members (excludes halogenated alkanes) is 3. The number of hydrogen-bond donors (Lipinski definition) is 0. The molecule has 63 valence electrons. The van der Waals surface area contributed by atoms with Gasteiger partial charge in [0.05, 0.1) is 0 Å². The third-order valence-electron chi connectivity index (χ3n) is 1.23. The molecule has 0 aliphatic rings. The lowest BCUT2D eigenvalue weighted by atomic mass is 10.2. The molecule has 0 unspecified atom stereocenters. The van der Waals surface area contributed by atoms with E-state index < -0.39 is 6.08 Å². The summed E-state index contributed by atoms with van der Waals surface area (Å²) in [6.07, 6.45) is 6.17. The molecule has 2 heteroatoms. The van der Waals surface area contributed by atoms with Crippen molar-refractivity contribution in [3.8, 4) is 0 Å². The first-order valence-electron chi connectivity index (χ1n) is 3.74. The van der Waals surface area contributed by atoms with Crippen molar-refractivity contribution in [2.24, 2.45) is 0 Å². The monoisotopic (exact) mass is 159 g/mol. The van der Waals surface area contributed by atoms with E-state index in [-0.39, 0.29) is 0 Å². The largest absolute Gasteiger partial charge is 0.270 e. The highest BCUT2D eigenvalue weighted by atomic mass is 19.3. The number of allylic oxidation sites excluding steroid dienone is 3. The molecule has 0 saturated carbocycles. The van der Waals surface area contributed by atoms with Crippen LogP contribution in [0.25, 0.3) is 0 Å². The standard InChI is InChI=1S/C9H13F2/c1-2-3-4-5-6-7-8-9(10)11/h6-8H,1-5H2/b7-6+. The summed E-state index contributed by atoms with van der Waals surface area (Å²) in [5.41, 5.74) is 0. The molecule has 0 aromatic carbocycles. The molecule has 0 bridgehead atoms. The van der Waals surface area contributed by atoms with Gasteiger partial charge in [-0.3, -0.25) is 0 Å². The van der Waals surface area contributed by atoms with E-state index in [1.165, 1.54) is 6.08 Å². The van der Waals surface area contributed by atoms with Crippen molar-refractivity contribution in [1.82, 2.24) is 0 Å². The van der Waals surface area contributed by atoms with Crippen LogP contribution in [0.3, 0.4) is 0 Å². The third kappa shape index (κ3) is 9.34. The summed E-state index contributed by atoms with van der Waals surface area (Å²) >= 11 is 0. The Kier molecular flexibility index (Phi) is 7.00. The summed E-state index contributed by atoms with van der Waals surface area (Å²) < 4.78 is 22.8. The van der Waals surface area contributed by atoms with E-state index in [1.54, 1.807) is 6.08 Å². The summed E-state index contributed by atoms with van der Waals surface area (Å²) in [5, 5.41) is 0. The van der Waals surface area contributed by atoms with Crippen molar-refractivity contribution in [3.63, 3.8) is 0 Å². The Morgan fingerprint density at radius 2 is 2.00 bits per heavy atom. The van der Waals surface area contributed by atoms with E-state index in [9.17, 15) is 8.78 Å². The van der Waals surface area contributed by atoms with Crippen LogP contribution in [0.2, 0.25) is 0 Å². The first-order chi connectivity index (χ1) is 5.27. The summed E-state index contributed by atoms with van der Waals surface area (Å²) in [5.74, 6) is 0. The quantitative estimate of drug-likeness (QED) is 0.423. The van der Waals surface area contributed by atoms with Gasteiger partial charge in [0, 0.05) is 6.08 Å². The second kappa shape index (κ2) is 7.45. The van der Waals surface area contributed by atoms with Crippen molar-refractivity contribution >= 4 is 0 Å². The van der Waals surface area contributed by atoms with Crippen LogP contribution < -0.4 is 0 Å². The minimum Gasteiger partial charge on any atom is -0.173 e. The fourth-order valence-corrected chi connectivity index (χ4v) is 0.676. The molecule has 0 rings (SSSR count). The van der Waals surface area contributed by atoms with Crippen LogP contribution in [0.1, 0.15) is 25.7 Å². The first-order valence-corrected chi connectivity index (χ1v) is 3.74. The summed E-state index contributed by atoms with van der Waals surface area (Å²) in [6, 6.07) is 0. The van der Waals surface area contributed by atoms with Crippen molar-refractivity contribution in [1.29, 1.82) is 0 Å². The fourth-order valence-electron chi connectivity index (χ4n) is 0.676. The van der Waals surface area contributed by atoms with Gasteiger partial charge in [0.2, 0.25) is 0 Å². The predicted molar refractivity (Wildman–Crippen MR) is 43.3 cm³/mol.